The number of aliphatic carboxylic acids is 2. The largest absolute Gasteiger partial charge is 2.00 e. The van der Waals surface area contributed by atoms with E-state index in [1.54, 1.807) is 12.2 Å². The number of hydrogen-bond donors (Lipinski definition) is 0. The van der Waals surface area contributed by atoms with Gasteiger partial charge in [-0.25, -0.2) is 9.59 Å². The van der Waals surface area contributed by atoms with Gasteiger partial charge in [0.25, 0.3) is 0 Å². The number of cyclic esters (lactones) is 2. The summed E-state index contributed by atoms with van der Waals surface area (Å²) < 4.78 is 9.79. The number of carbonyl (C=O) groups is 4. The topological polar surface area (TPSA) is 133 Å². The van der Waals surface area contributed by atoms with E-state index in [0.29, 0.717) is 13.2 Å². The molecule has 0 fully saturated rings. The van der Waals surface area contributed by atoms with Gasteiger partial charge in [-0.15, -0.1) is 0 Å². The molecule has 0 amide bonds. The number of allylic oxidation sites excluding steroid dienone is 4. The van der Waals surface area contributed by atoms with Gasteiger partial charge in [-0.2, -0.15) is 0 Å². The van der Waals surface area contributed by atoms with Crippen molar-refractivity contribution in [3.8, 4) is 0 Å². The normalized spacial score (nSPS) is 13.7. The number of carboxylic acid groups (broad SMARTS) is 2. The van der Waals surface area contributed by atoms with Gasteiger partial charge in [-0.05, 0) is 114 Å². The molecule has 0 aliphatic carbocycles. The van der Waals surface area contributed by atoms with E-state index in [9.17, 15) is 29.4 Å². The van der Waals surface area contributed by atoms with E-state index in [1.165, 1.54) is 103 Å². The van der Waals surface area contributed by atoms with Crippen LogP contribution in [0.3, 0.4) is 0 Å². The summed E-state index contributed by atoms with van der Waals surface area (Å²) in [6, 6.07) is 0. The first-order chi connectivity index (χ1) is 25.4. The van der Waals surface area contributed by atoms with Crippen LogP contribution in [0.2, 0.25) is 0 Å². The van der Waals surface area contributed by atoms with Crippen LogP contribution in [0.4, 0.5) is 0 Å². The molecule has 2 aliphatic heterocycles. The molecular formula is C44H70CaO8. The standard InChI is InChI=1S/2C22H36O4.Ca/c2*23-21(24)17-15-13-11-9-7-5-3-1-2-4-6-8-10-12-14-16-20-18-22(25)26-19-20;/h2*1,3,18H,2,4-17,19H2,(H,23,24);/q;;+2/p-2/b2*3-1-;. The molecule has 8 nitrogen and oxygen atoms in total. The summed E-state index contributed by atoms with van der Waals surface area (Å²) in [5.41, 5.74) is 2.30. The smallest absolute Gasteiger partial charge is 0.550 e. The summed E-state index contributed by atoms with van der Waals surface area (Å²) in [4.78, 5) is 42.4. The zero-order chi connectivity index (χ0) is 37.7. The maximum Gasteiger partial charge on any atom is 2.00 e. The molecule has 53 heavy (non-hydrogen) atoms. The average molecular weight is 767 g/mol. The Hall–Kier alpha value is -1.90. The summed E-state index contributed by atoms with van der Waals surface area (Å²) in [6.45, 7) is 1.02. The molecule has 0 radical (unpaired) electrons. The molecule has 2 rings (SSSR count). The second-order valence-electron chi connectivity index (χ2n) is 14.4. The maximum atomic E-state index is 10.9. The predicted octanol–water partition coefficient (Wildman–Crippen LogP) is 8.87. The number of rotatable bonds is 34. The maximum absolute atomic E-state index is 10.9. The first-order valence-electron chi connectivity index (χ1n) is 20.8. The molecule has 2 aliphatic rings. The van der Waals surface area contributed by atoms with Crippen molar-refractivity contribution in [2.24, 2.45) is 0 Å². The molecule has 0 N–H and O–H groups in total. The van der Waals surface area contributed by atoms with E-state index in [-0.39, 0.29) is 62.5 Å². The molecule has 0 saturated carbocycles. The molecular weight excluding hydrogens is 697 g/mol. The van der Waals surface area contributed by atoms with Gasteiger partial charge >= 0.3 is 49.7 Å². The van der Waals surface area contributed by atoms with Gasteiger partial charge < -0.3 is 29.3 Å². The van der Waals surface area contributed by atoms with E-state index in [1.807, 2.05) is 0 Å². The third-order valence-corrected chi connectivity index (χ3v) is 9.52. The van der Waals surface area contributed by atoms with Crippen LogP contribution in [0.25, 0.3) is 0 Å². The van der Waals surface area contributed by atoms with E-state index >= 15 is 0 Å². The summed E-state index contributed by atoms with van der Waals surface area (Å²) in [7, 11) is 0. The average Bonchev–Trinajstić information content (AvgIpc) is 3.74. The Kier molecular flexibility index (Phi) is 37.0. The van der Waals surface area contributed by atoms with Crippen molar-refractivity contribution in [1.29, 1.82) is 0 Å². The zero-order valence-electron chi connectivity index (χ0n) is 33.1. The number of carboxylic acids is 2. The molecule has 0 saturated heterocycles. The zero-order valence-corrected chi connectivity index (χ0v) is 35.3. The van der Waals surface area contributed by atoms with E-state index in [4.69, 9.17) is 9.47 Å². The third-order valence-electron chi connectivity index (χ3n) is 9.52. The minimum absolute atomic E-state index is 0. The van der Waals surface area contributed by atoms with Crippen molar-refractivity contribution in [2.45, 2.75) is 193 Å². The molecule has 0 aromatic heterocycles. The molecule has 9 heteroatoms. The first-order valence-corrected chi connectivity index (χ1v) is 20.8. The van der Waals surface area contributed by atoms with Crippen molar-refractivity contribution >= 4 is 61.6 Å². The van der Waals surface area contributed by atoms with Crippen molar-refractivity contribution in [1.82, 2.24) is 0 Å². The SMILES string of the molecule is O=C([O-])CCCCCCC/C=C\CCCCCCCCC1=CC(=O)OC1.O=C([O-])CCCCCCC/C=C\CCCCCCCCC1=CC(=O)OC1.[Ca+2]. The summed E-state index contributed by atoms with van der Waals surface area (Å²) in [5, 5.41) is 20.5. The van der Waals surface area contributed by atoms with Crippen molar-refractivity contribution in [3.05, 3.63) is 47.6 Å². The Labute approximate surface area is 351 Å². The van der Waals surface area contributed by atoms with Crippen LogP contribution in [0.1, 0.15) is 193 Å². The molecule has 0 aromatic carbocycles. The van der Waals surface area contributed by atoms with Gasteiger partial charge in [-0.3, -0.25) is 0 Å². The fourth-order valence-electron chi connectivity index (χ4n) is 6.35. The minimum atomic E-state index is -0.928. The Balaban J connectivity index is 0.00000100. The molecule has 0 aromatic rings. The first kappa shape index (κ1) is 51.1. The Bertz CT molecular complexity index is 993. The summed E-state index contributed by atoms with van der Waals surface area (Å²) >= 11 is 0. The van der Waals surface area contributed by atoms with Crippen LogP contribution in [0.5, 0.6) is 0 Å². The fourth-order valence-corrected chi connectivity index (χ4v) is 6.35. The van der Waals surface area contributed by atoms with Crippen LogP contribution >= 0.6 is 0 Å². The number of carbonyl (C=O) groups excluding carboxylic acids is 4. The van der Waals surface area contributed by atoms with Gasteiger partial charge in [0.1, 0.15) is 13.2 Å². The van der Waals surface area contributed by atoms with Crippen molar-refractivity contribution in [3.63, 3.8) is 0 Å². The molecule has 2 heterocycles. The summed E-state index contributed by atoms with van der Waals surface area (Å²) in [6.07, 6.45) is 45.2. The minimum Gasteiger partial charge on any atom is -0.550 e. The second kappa shape index (κ2) is 38.4. The number of esters is 2. The van der Waals surface area contributed by atoms with Crippen LogP contribution < -0.4 is 10.2 Å². The van der Waals surface area contributed by atoms with Crippen molar-refractivity contribution < 1.29 is 38.9 Å². The number of hydrogen-bond acceptors (Lipinski definition) is 8. The quantitative estimate of drug-likeness (QED) is 0.0275. The number of unbranched alkanes of at least 4 members (excludes halogenated alkanes) is 22. The van der Waals surface area contributed by atoms with Crippen LogP contribution in [-0.4, -0.2) is 74.8 Å². The van der Waals surface area contributed by atoms with Gasteiger partial charge in [0.05, 0.1) is 0 Å². The van der Waals surface area contributed by atoms with Gasteiger partial charge in [0.2, 0.25) is 0 Å². The predicted molar refractivity (Wildman–Crippen MR) is 211 cm³/mol. The van der Waals surface area contributed by atoms with Gasteiger partial charge in [0.15, 0.2) is 0 Å². The van der Waals surface area contributed by atoms with Crippen LogP contribution in [0.15, 0.2) is 47.6 Å². The molecule has 0 spiro atoms. The van der Waals surface area contributed by atoms with Crippen LogP contribution in [-0.2, 0) is 28.7 Å². The van der Waals surface area contributed by atoms with Gasteiger partial charge in [0, 0.05) is 24.1 Å². The molecule has 0 unspecified atom stereocenters. The number of ether oxygens (including phenoxy) is 2. The van der Waals surface area contributed by atoms with Gasteiger partial charge in [-0.1, -0.05) is 114 Å². The Morgan fingerprint density at radius 3 is 0.981 bits per heavy atom. The van der Waals surface area contributed by atoms with E-state index < -0.39 is 11.9 Å². The third kappa shape index (κ3) is 36.8. The summed E-state index contributed by atoms with van der Waals surface area (Å²) in [5.74, 6) is -2.21. The fraction of sp³-hybridized carbons (Fsp3) is 0.727. The van der Waals surface area contributed by atoms with Crippen LogP contribution in [0, 0.1) is 0 Å². The van der Waals surface area contributed by atoms with E-state index in [0.717, 1.165) is 88.2 Å². The molecule has 0 atom stereocenters. The molecule has 0 bridgehead atoms. The van der Waals surface area contributed by atoms with Crippen molar-refractivity contribution in [2.75, 3.05) is 13.2 Å². The molecule has 296 valence electrons. The Morgan fingerprint density at radius 1 is 0.453 bits per heavy atom. The van der Waals surface area contributed by atoms with E-state index in [2.05, 4.69) is 24.3 Å². The second-order valence-corrected chi connectivity index (χ2v) is 14.4. The Morgan fingerprint density at radius 2 is 0.717 bits per heavy atom. The monoisotopic (exact) mass is 766 g/mol.